The fourth-order valence-electron chi connectivity index (χ4n) is 3.33. The van der Waals surface area contributed by atoms with E-state index in [1.807, 2.05) is 36.8 Å². The first kappa shape index (κ1) is 36.6. The van der Waals surface area contributed by atoms with Crippen molar-refractivity contribution < 1.29 is 18.9 Å². The Kier molecular flexibility index (Phi) is 22.1. The average Bonchev–Trinajstić information content (AvgIpc) is 2.85. The highest BCUT2D eigenvalue weighted by Crippen LogP contribution is 2.20. The molecule has 0 N–H and O–H groups in total. The highest BCUT2D eigenvalue weighted by Gasteiger charge is 2.10. The lowest BCUT2D eigenvalue weighted by Gasteiger charge is -2.16. The quantitative estimate of drug-likeness (QED) is 0.139. The summed E-state index contributed by atoms with van der Waals surface area (Å²) in [6.07, 6.45) is 31.5. The van der Waals surface area contributed by atoms with Crippen molar-refractivity contribution in [2.45, 2.75) is 100 Å². The van der Waals surface area contributed by atoms with Crippen molar-refractivity contribution in [3.63, 3.8) is 0 Å². The molecule has 4 heteroatoms. The summed E-state index contributed by atoms with van der Waals surface area (Å²) in [5.74, 6) is 1.04. The average molecular weight is 545 g/mol. The molecule has 0 aliphatic carbocycles. The van der Waals surface area contributed by atoms with Crippen molar-refractivity contribution in [2.24, 2.45) is 22.7 Å². The van der Waals surface area contributed by atoms with Gasteiger partial charge in [0.25, 0.3) is 0 Å². The molecule has 0 saturated carbocycles. The molecule has 1 aliphatic heterocycles. The standard InChI is InChI=1S/C19H34O2.C16H26O2/c1-6-8-14-20-16-11-18(10-13-19(3,4)5)12-17-21-15-9-7-2;1-16(2,3)10-7-15-8-13-17-11-5-4-6-12-18-14-9-15/h8-10,13-15,18H,6-7,11-12,16-17H2,1-5H3;5-7,10-12,15H,4,8-9,13-14H2,1-3H3. The minimum atomic E-state index is 0.226. The van der Waals surface area contributed by atoms with Gasteiger partial charge in [-0.2, -0.15) is 0 Å². The van der Waals surface area contributed by atoms with E-state index in [0.717, 1.165) is 71.4 Å². The Hall–Kier alpha value is -2.36. The number of rotatable bonds is 12. The summed E-state index contributed by atoms with van der Waals surface area (Å²) in [6, 6.07) is 0. The zero-order valence-electron chi connectivity index (χ0n) is 26.5. The molecule has 1 heterocycles. The fraction of sp³-hybridized carbons (Fsp3) is 0.657. The molecule has 0 aromatic carbocycles. The number of ether oxygens (including phenoxy) is 4. The van der Waals surface area contributed by atoms with Crippen LogP contribution in [0.2, 0.25) is 0 Å². The van der Waals surface area contributed by atoms with Gasteiger partial charge in [-0.25, -0.2) is 0 Å². The molecular formula is C35H60O4. The van der Waals surface area contributed by atoms with E-state index in [9.17, 15) is 0 Å². The van der Waals surface area contributed by atoms with Crippen LogP contribution in [0.25, 0.3) is 0 Å². The lowest BCUT2D eigenvalue weighted by molar-refractivity contribution is 0.197. The maximum absolute atomic E-state index is 5.51. The molecule has 0 unspecified atom stereocenters. The zero-order chi connectivity index (χ0) is 29.2. The molecule has 0 aromatic rings. The molecule has 0 atom stereocenters. The van der Waals surface area contributed by atoms with Crippen LogP contribution < -0.4 is 0 Å². The number of hydrogen-bond acceptors (Lipinski definition) is 4. The largest absolute Gasteiger partial charge is 0.502 e. The van der Waals surface area contributed by atoms with E-state index >= 15 is 0 Å². The van der Waals surface area contributed by atoms with Crippen molar-refractivity contribution >= 4 is 0 Å². The van der Waals surface area contributed by atoms with Crippen molar-refractivity contribution in [2.75, 3.05) is 26.4 Å². The summed E-state index contributed by atoms with van der Waals surface area (Å²) in [7, 11) is 0. The third kappa shape index (κ3) is 28.5. The molecule has 0 bridgehead atoms. The van der Waals surface area contributed by atoms with Gasteiger partial charge in [0.2, 0.25) is 0 Å². The first-order chi connectivity index (χ1) is 18.6. The molecule has 0 fully saturated rings. The van der Waals surface area contributed by atoms with Gasteiger partial charge in [0, 0.05) is 0 Å². The second kappa shape index (κ2) is 23.5. The van der Waals surface area contributed by atoms with Gasteiger partial charge < -0.3 is 18.9 Å². The molecule has 4 nitrogen and oxygen atoms in total. The molecule has 0 aromatic heterocycles. The molecular weight excluding hydrogens is 484 g/mol. The van der Waals surface area contributed by atoms with E-state index in [2.05, 4.69) is 79.7 Å². The highest BCUT2D eigenvalue weighted by molar-refractivity contribution is 4.97. The van der Waals surface area contributed by atoms with E-state index < -0.39 is 0 Å². The van der Waals surface area contributed by atoms with Crippen LogP contribution in [0.15, 0.2) is 73.7 Å². The molecule has 0 radical (unpaired) electrons. The normalized spacial score (nSPS) is 18.3. The Balaban J connectivity index is 0.000000748. The van der Waals surface area contributed by atoms with Crippen LogP contribution in [-0.4, -0.2) is 26.4 Å². The van der Waals surface area contributed by atoms with Gasteiger partial charge in [-0.1, -0.05) is 91.8 Å². The predicted molar refractivity (Wildman–Crippen MR) is 168 cm³/mol. The van der Waals surface area contributed by atoms with Crippen molar-refractivity contribution in [1.29, 1.82) is 0 Å². The van der Waals surface area contributed by atoms with Crippen LogP contribution in [0.5, 0.6) is 0 Å². The lowest BCUT2D eigenvalue weighted by Crippen LogP contribution is -2.07. The number of allylic oxidation sites excluding steroid dienone is 8. The van der Waals surface area contributed by atoms with Crippen LogP contribution in [-0.2, 0) is 18.9 Å². The number of hydrogen-bond donors (Lipinski definition) is 0. The summed E-state index contributed by atoms with van der Waals surface area (Å²) in [4.78, 5) is 0. The SMILES string of the molecule is CC(C)(C)C=CC1CCOC=CCC=COCC1.CCC=COCCC(C=CC(C)(C)C)CCOC=CCC. The van der Waals surface area contributed by atoms with Gasteiger partial charge in [-0.15, -0.1) is 0 Å². The van der Waals surface area contributed by atoms with E-state index in [1.165, 1.54) is 0 Å². The van der Waals surface area contributed by atoms with Crippen LogP contribution in [0.3, 0.4) is 0 Å². The van der Waals surface area contributed by atoms with E-state index in [1.54, 1.807) is 12.5 Å². The highest BCUT2D eigenvalue weighted by atomic mass is 16.5. The van der Waals surface area contributed by atoms with E-state index in [-0.39, 0.29) is 10.8 Å². The summed E-state index contributed by atoms with van der Waals surface area (Å²) in [6.45, 7) is 20.6. The molecule has 0 amide bonds. The second-order valence-electron chi connectivity index (χ2n) is 12.1. The van der Waals surface area contributed by atoms with Crippen LogP contribution in [0, 0.1) is 22.7 Å². The Labute approximate surface area is 241 Å². The van der Waals surface area contributed by atoms with Gasteiger partial charge >= 0.3 is 0 Å². The van der Waals surface area contributed by atoms with Gasteiger partial charge in [0.15, 0.2) is 0 Å². The molecule has 39 heavy (non-hydrogen) atoms. The Bertz CT molecular complexity index is 691. The van der Waals surface area contributed by atoms with Gasteiger partial charge in [-0.3, -0.25) is 0 Å². The smallest absolute Gasteiger partial charge is 0.0878 e. The third-order valence-electron chi connectivity index (χ3n) is 5.68. The molecule has 0 saturated heterocycles. The van der Waals surface area contributed by atoms with E-state index in [4.69, 9.17) is 18.9 Å². The van der Waals surface area contributed by atoms with Crippen LogP contribution in [0.1, 0.15) is 100 Å². The van der Waals surface area contributed by atoms with Gasteiger partial charge in [0.1, 0.15) is 0 Å². The maximum Gasteiger partial charge on any atom is 0.0878 e. The summed E-state index contributed by atoms with van der Waals surface area (Å²) >= 11 is 0. The Morgan fingerprint density at radius 2 is 1.26 bits per heavy atom. The van der Waals surface area contributed by atoms with Gasteiger partial charge in [-0.05, 0) is 79.8 Å². The third-order valence-corrected chi connectivity index (χ3v) is 5.68. The summed E-state index contributed by atoms with van der Waals surface area (Å²) < 4.78 is 22.0. The minimum absolute atomic E-state index is 0.226. The van der Waals surface area contributed by atoms with Crippen LogP contribution in [0.4, 0.5) is 0 Å². The maximum atomic E-state index is 5.51. The first-order valence-corrected chi connectivity index (χ1v) is 15.0. The first-order valence-electron chi connectivity index (χ1n) is 15.0. The fourth-order valence-corrected chi connectivity index (χ4v) is 3.33. The monoisotopic (exact) mass is 544 g/mol. The van der Waals surface area contributed by atoms with E-state index in [0.29, 0.717) is 11.8 Å². The Morgan fingerprint density at radius 3 is 1.69 bits per heavy atom. The molecule has 0 spiro atoms. The topological polar surface area (TPSA) is 36.9 Å². The zero-order valence-corrected chi connectivity index (χ0v) is 26.5. The molecule has 224 valence electrons. The van der Waals surface area contributed by atoms with Gasteiger partial charge in [0.05, 0.1) is 51.5 Å². The molecule has 1 rings (SSSR count). The van der Waals surface area contributed by atoms with Crippen LogP contribution >= 0.6 is 0 Å². The van der Waals surface area contributed by atoms with Crippen molar-refractivity contribution in [1.82, 2.24) is 0 Å². The second-order valence-corrected chi connectivity index (χ2v) is 12.1. The lowest BCUT2D eigenvalue weighted by atomic mass is 9.92. The van der Waals surface area contributed by atoms with Crippen molar-refractivity contribution in [3.8, 4) is 0 Å². The summed E-state index contributed by atoms with van der Waals surface area (Å²) in [5.41, 5.74) is 0.468. The Morgan fingerprint density at radius 1 is 0.769 bits per heavy atom. The minimum Gasteiger partial charge on any atom is -0.502 e. The van der Waals surface area contributed by atoms with Crippen molar-refractivity contribution in [3.05, 3.63) is 73.7 Å². The molecule has 1 aliphatic rings. The predicted octanol–water partition coefficient (Wildman–Crippen LogP) is 10.3. The summed E-state index contributed by atoms with van der Waals surface area (Å²) in [5, 5.41) is 0.